The molecular weight excluding hydrogens is 448 g/mol. The average Bonchev–Trinajstić information content (AvgIpc) is 3.28. The number of hydrogen-bond donors (Lipinski definition) is 2. The Hall–Kier alpha value is -3.57. The van der Waals surface area contributed by atoms with Gasteiger partial charge in [-0.3, -0.25) is 14.4 Å². The van der Waals surface area contributed by atoms with Crippen LogP contribution in [0.15, 0.2) is 58.5 Å². The lowest BCUT2D eigenvalue weighted by Crippen LogP contribution is -2.25. The molecule has 0 unspecified atom stereocenters. The van der Waals surface area contributed by atoms with Crippen LogP contribution in [-0.2, 0) is 29.1 Å². The van der Waals surface area contributed by atoms with Gasteiger partial charge in [0.2, 0.25) is 15.9 Å². The fraction of sp³-hybridized carbons (Fsp3) is 0.273. The third-order valence-corrected chi connectivity index (χ3v) is 5.94. The predicted octanol–water partition coefficient (Wildman–Crippen LogP) is 1.54. The second kappa shape index (κ2) is 10.4. The lowest BCUT2D eigenvalue weighted by molar-refractivity contribution is -0.148. The highest BCUT2D eigenvalue weighted by Gasteiger charge is 2.22. The lowest BCUT2D eigenvalue weighted by Gasteiger charge is -2.11. The number of amides is 2. The number of aryl methyl sites for hydroxylation is 1. The van der Waals surface area contributed by atoms with Gasteiger partial charge in [0.05, 0.1) is 23.6 Å². The number of hydrazone groups is 1. The number of nitrogens with one attached hydrogen (secondary N) is 1. The first kappa shape index (κ1) is 24.1. The van der Waals surface area contributed by atoms with Crippen molar-refractivity contribution in [1.82, 2.24) is 5.01 Å². The van der Waals surface area contributed by atoms with E-state index in [0.717, 1.165) is 11.3 Å². The molecule has 3 rings (SSSR count). The normalized spacial score (nSPS) is 13.4. The summed E-state index contributed by atoms with van der Waals surface area (Å²) in [5.41, 5.74) is 2.39. The van der Waals surface area contributed by atoms with Crippen molar-refractivity contribution in [3.63, 3.8) is 0 Å². The molecule has 1 heterocycles. The maximum Gasteiger partial charge on any atom is 0.306 e. The van der Waals surface area contributed by atoms with Crippen LogP contribution in [0.5, 0.6) is 0 Å². The number of anilines is 1. The lowest BCUT2D eigenvalue weighted by atomic mass is 10.1. The van der Waals surface area contributed by atoms with Crippen LogP contribution in [0, 0.1) is 6.92 Å². The van der Waals surface area contributed by atoms with Crippen molar-refractivity contribution < 1.29 is 27.5 Å². The molecule has 174 valence electrons. The van der Waals surface area contributed by atoms with Crippen molar-refractivity contribution in [3.05, 3.63) is 59.7 Å². The Kier molecular flexibility index (Phi) is 7.56. The summed E-state index contributed by atoms with van der Waals surface area (Å²) in [6, 6.07) is 13.8. The third-order valence-electron chi connectivity index (χ3n) is 4.88. The van der Waals surface area contributed by atoms with Gasteiger partial charge in [-0.15, -0.1) is 0 Å². The van der Waals surface area contributed by atoms with Gasteiger partial charge in [-0.1, -0.05) is 36.4 Å². The fourth-order valence-electron chi connectivity index (χ4n) is 3.21. The quantitative estimate of drug-likeness (QED) is 0.557. The fourth-order valence-corrected chi connectivity index (χ4v) is 4.02. The summed E-state index contributed by atoms with van der Waals surface area (Å²) in [6.45, 7) is 1.44. The molecule has 1 aliphatic heterocycles. The second-order valence-electron chi connectivity index (χ2n) is 7.41. The minimum absolute atomic E-state index is 0.0955. The first-order valence-corrected chi connectivity index (χ1v) is 11.7. The number of nitrogens with zero attached hydrogens (tertiary/aromatic N) is 2. The Morgan fingerprint density at radius 2 is 1.85 bits per heavy atom. The van der Waals surface area contributed by atoms with E-state index in [9.17, 15) is 22.8 Å². The second-order valence-corrected chi connectivity index (χ2v) is 8.94. The minimum atomic E-state index is -3.94. The van der Waals surface area contributed by atoms with E-state index in [1.54, 1.807) is 6.92 Å². The number of primary sulfonamides is 1. The molecule has 2 aromatic carbocycles. The summed E-state index contributed by atoms with van der Waals surface area (Å²) >= 11 is 0. The first-order chi connectivity index (χ1) is 15.6. The van der Waals surface area contributed by atoms with Crippen molar-refractivity contribution in [3.8, 4) is 0 Å². The smallest absolute Gasteiger partial charge is 0.306 e. The van der Waals surface area contributed by atoms with E-state index < -0.39 is 28.5 Å². The molecule has 0 saturated heterocycles. The van der Waals surface area contributed by atoms with E-state index in [1.807, 2.05) is 30.3 Å². The van der Waals surface area contributed by atoms with Gasteiger partial charge in [0, 0.05) is 18.5 Å². The molecule has 0 atom stereocenters. The molecule has 3 N–H and O–H groups in total. The summed E-state index contributed by atoms with van der Waals surface area (Å²) in [5.74, 6) is -1.67. The van der Waals surface area contributed by atoms with E-state index >= 15 is 0 Å². The highest BCUT2D eigenvalue weighted by molar-refractivity contribution is 7.89. The summed E-state index contributed by atoms with van der Waals surface area (Å²) in [5, 5.41) is 13.2. The molecule has 2 amide bonds. The van der Waals surface area contributed by atoms with Crippen LogP contribution in [0.3, 0.4) is 0 Å². The van der Waals surface area contributed by atoms with Crippen LogP contribution >= 0.6 is 0 Å². The highest BCUT2D eigenvalue weighted by atomic mass is 32.2. The summed E-state index contributed by atoms with van der Waals surface area (Å²) in [7, 11) is -3.94. The van der Waals surface area contributed by atoms with Crippen LogP contribution < -0.4 is 10.5 Å². The first-order valence-electron chi connectivity index (χ1n) is 10.2. The van der Waals surface area contributed by atoms with E-state index in [4.69, 9.17) is 9.88 Å². The molecule has 0 saturated carbocycles. The van der Waals surface area contributed by atoms with Gasteiger partial charge in [-0.25, -0.2) is 18.6 Å². The molecule has 2 aromatic rings. The summed E-state index contributed by atoms with van der Waals surface area (Å²) in [4.78, 5) is 36.2. The van der Waals surface area contributed by atoms with Crippen molar-refractivity contribution in [2.45, 2.75) is 31.1 Å². The molecular formula is C22H24N4O6S. The zero-order valence-electron chi connectivity index (χ0n) is 18.0. The van der Waals surface area contributed by atoms with Crippen molar-refractivity contribution in [2.75, 3.05) is 18.5 Å². The van der Waals surface area contributed by atoms with Crippen LogP contribution in [0.1, 0.15) is 30.4 Å². The topological polar surface area (TPSA) is 148 Å². The molecule has 0 fully saturated rings. The standard InChI is InChI=1S/C22H24N4O6S/c1-15-7-8-17(13-19(15)33(23,30)31)24-20(27)14-32-22(29)10-9-21(28)26-12-11-18(25-26)16-5-3-2-4-6-16/h2-8,13H,9-12,14H2,1H3,(H,24,27)(H2,23,30,31). The van der Waals surface area contributed by atoms with E-state index in [2.05, 4.69) is 10.4 Å². The Morgan fingerprint density at radius 3 is 2.55 bits per heavy atom. The molecule has 11 heteroatoms. The Labute approximate surface area is 191 Å². The number of carbonyl (C=O) groups is 3. The predicted molar refractivity (Wildman–Crippen MR) is 121 cm³/mol. The number of rotatable bonds is 8. The number of esters is 1. The van der Waals surface area contributed by atoms with Crippen molar-refractivity contribution >= 4 is 39.2 Å². The maximum absolute atomic E-state index is 12.3. The molecule has 0 spiro atoms. The molecule has 0 aliphatic carbocycles. The van der Waals surface area contributed by atoms with Crippen LogP contribution in [0.4, 0.5) is 5.69 Å². The molecule has 33 heavy (non-hydrogen) atoms. The largest absolute Gasteiger partial charge is 0.456 e. The van der Waals surface area contributed by atoms with Gasteiger partial charge in [-0.05, 0) is 30.2 Å². The number of hydrogen-bond acceptors (Lipinski definition) is 7. The third kappa shape index (κ3) is 6.70. The number of nitrogens with two attached hydrogens (primary N) is 1. The Bertz CT molecular complexity index is 1190. The van der Waals surface area contributed by atoms with E-state index in [0.29, 0.717) is 18.5 Å². The van der Waals surface area contributed by atoms with Gasteiger partial charge in [0.25, 0.3) is 5.91 Å². The molecule has 0 aromatic heterocycles. The van der Waals surface area contributed by atoms with Crippen molar-refractivity contribution in [2.24, 2.45) is 10.2 Å². The summed E-state index contributed by atoms with van der Waals surface area (Å²) < 4.78 is 28.1. The van der Waals surface area contributed by atoms with Crippen LogP contribution in [0.2, 0.25) is 0 Å². The molecule has 1 aliphatic rings. The molecule has 0 bridgehead atoms. The highest BCUT2D eigenvalue weighted by Crippen LogP contribution is 2.19. The maximum atomic E-state index is 12.3. The van der Waals surface area contributed by atoms with Gasteiger partial charge >= 0.3 is 5.97 Å². The van der Waals surface area contributed by atoms with Gasteiger partial charge < -0.3 is 10.1 Å². The monoisotopic (exact) mass is 472 g/mol. The van der Waals surface area contributed by atoms with Crippen LogP contribution in [0.25, 0.3) is 0 Å². The van der Waals surface area contributed by atoms with Crippen molar-refractivity contribution in [1.29, 1.82) is 0 Å². The SMILES string of the molecule is Cc1ccc(NC(=O)COC(=O)CCC(=O)N2CCC(c3ccccc3)=N2)cc1S(N)(=O)=O. The Morgan fingerprint density at radius 1 is 1.12 bits per heavy atom. The summed E-state index contributed by atoms with van der Waals surface area (Å²) in [6.07, 6.45) is 0.340. The van der Waals surface area contributed by atoms with E-state index in [-0.39, 0.29) is 29.3 Å². The van der Waals surface area contributed by atoms with Gasteiger partial charge in [0.1, 0.15) is 0 Å². The average molecular weight is 473 g/mol. The Balaban J connectivity index is 1.44. The van der Waals surface area contributed by atoms with Gasteiger partial charge in [-0.2, -0.15) is 5.10 Å². The number of sulfonamides is 1. The van der Waals surface area contributed by atoms with E-state index in [1.165, 1.54) is 23.2 Å². The number of carbonyl (C=O) groups excluding carboxylic acids is 3. The molecule has 0 radical (unpaired) electrons. The molecule has 10 nitrogen and oxygen atoms in total. The minimum Gasteiger partial charge on any atom is -0.456 e. The van der Waals surface area contributed by atoms with Gasteiger partial charge in [0.15, 0.2) is 6.61 Å². The zero-order chi connectivity index (χ0) is 24.0. The zero-order valence-corrected chi connectivity index (χ0v) is 18.8. The number of ether oxygens (including phenoxy) is 1. The van der Waals surface area contributed by atoms with Crippen LogP contribution in [-0.4, -0.2) is 50.1 Å². The number of benzene rings is 2.